The van der Waals surface area contributed by atoms with Crippen LogP contribution >= 0.6 is 0 Å². The SMILES string of the molecule is COC(=O)C=CB(O)O. The van der Waals surface area contributed by atoms with Gasteiger partial charge in [-0.2, -0.15) is 0 Å². The number of esters is 1. The Bertz CT molecular complexity index is 120. The molecule has 0 spiro atoms. The molecule has 0 saturated carbocycles. The quantitative estimate of drug-likeness (QED) is 0.277. The van der Waals surface area contributed by atoms with Gasteiger partial charge in [-0.15, -0.1) is 0 Å². The van der Waals surface area contributed by atoms with E-state index in [1.165, 1.54) is 7.11 Å². The number of rotatable bonds is 2. The highest BCUT2D eigenvalue weighted by molar-refractivity contribution is 6.48. The predicted molar refractivity (Wildman–Crippen MR) is 31.3 cm³/mol. The molecule has 2 N–H and O–H groups in total. The summed E-state index contributed by atoms with van der Waals surface area (Å²) in [5, 5.41) is 16.3. The molecule has 0 atom stereocenters. The van der Waals surface area contributed by atoms with Gasteiger partial charge < -0.3 is 14.8 Å². The van der Waals surface area contributed by atoms with Gasteiger partial charge in [0.1, 0.15) is 0 Å². The van der Waals surface area contributed by atoms with Gasteiger partial charge in [0.15, 0.2) is 0 Å². The molecular formula is C4H7BO4. The smallest absolute Gasteiger partial charge is 0.466 e. The summed E-state index contributed by atoms with van der Waals surface area (Å²) in [5.41, 5.74) is 0. The van der Waals surface area contributed by atoms with Crippen LogP contribution in [0.4, 0.5) is 0 Å². The summed E-state index contributed by atoms with van der Waals surface area (Å²) in [7, 11) is -0.389. The number of ether oxygens (including phenoxy) is 1. The minimum absolute atomic E-state index is 0.608. The van der Waals surface area contributed by atoms with Crippen LogP contribution in [0.2, 0.25) is 0 Å². The topological polar surface area (TPSA) is 66.8 Å². The molecule has 5 heteroatoms. The average Bonchev–Trinajstić information content (AvgIpc) is 1.83. The minimum Gasteiger partial charge on any atom is -0.466 e. The van der Waals surface area contributed by atoms with E-state index in [2.05, 4.69) is 4.74 Å². The summed E-state index contributed by atoms with van der Waals surface area (Å²) in [5.74, 6) is 0.300. The van der Waals surface area contributed by atoms with Gasteiger partial charge in [0.25, 0.3) is 0 Å². The molecule has 0 heterocycles. The van der Waals surface area contributed by atoms with E-state index in [-0.39, 0.29) is 0 Å². The molecule has 0 radical (unpaired) electrons. The van der Waals surface area contributed by atoms with Gasteiger partial charge in [-0.3, -0.25) is 0 Å². The van der Waals surface area contributed by atoms with Crippen molar-refractivity contribution < 1.29 is 19.6 Å². The molecule has 0 unspecified atom stereocenters. The number of methoxy groups -OCH3 is 1. The number of carbonyl (C=O) groups is 1. The lowest BCUT2D eigenvalue weighted by molar-refractivity contribution is -0.134. The summed E-state index contributed by atoms with van der Waals surface area (Å²) in [4.78, 5) is 10.2. The van der Waals surface area contributed by atoms with Gasteiger partial charge in [-0.1, -0.05) is 0 Å². The maximum Gasteiger partial charge on any atom is 0.480 e. The second kappa shape index (κ2) is 4.11. The van der Waals surface area contributed by atoms with Crippen molar-refractivity contribution in [3.63, 3.8) is 0 Å². The third kappa shape index (κ3) is 5.06. The highest BCUT2D eigenvalue weighted by atomic mass is 16.5. The lowest BCUT2D eigenvalue weighted by atomic mass is 9.92. The first-order chi connectivity index (χ1) is 4.16. The fourth-order valence-electron chi connectivity index (χ4n) is 0.233. The molecule has 0 aliphatic heterocycles. The van der Waals surface area contributed by atoms with Crippen LogP contribution in [0.1, 0.15) is 0 Å². The van der Waals surface area contributed by atoms with E-state index in [1.54, 1.807) is 0 Å². The highest BCUT2D eigenvalue weighted by Gasteiger charge is 1.99. The zero-order valence-electron chi connectivity index (χ0n) is 4.94. The van der Waals surface area contributed by atoms with Crippen molar-refractivity contribution in [1.82, 2.24) is 0 Å². The van der Waals surface area contributed by atoms with E-state index in [1.807, 2.05) is 0 Å². The van der Waals surface area contributed by atoms with E-state index in [9.17, 15) is 4.79 Å². The van der Waals surface area contributed by atoms with E-state index in [0.717, 1.165) is 12.1 Å². The van der Waals surface area contributed by atoms with Crippen LogP contribution < -0.4 is 0 Å². The zero-order valence-corrected chi connectivity index (χ0v) is 4.94. The van der Waals surface area contributed by atoms with Crippen molar-refractivity contribution in [3.05, 3.63) is 12.1 Å². The normalized spacial score (nSPS) is 9.67. The molecule has 0 rings (SSSR count). The fourth-order valence-corrected chi connectivity index (χ4v) is 0.233. The standard InChI is InChI=1S/C4H7BO4/c1-9-4(6)2-3-5(7)8/h2-3,7-8H,1H3. The molecule has 0 fully saturated rings. The molecule has 9 heavy (non-hydrogen) atoms. The Balaban J connectivity index is 3.57. The van der Waals surface area contributed by atoms with Crippen molar-refractivity contribution in [3.8, 4) is 0 Å². The van der Waals surface area contributed by atoms with E-state index >= 15 is 0 Å². The maximum absolute atomic E-state index is 10.2. The molecule has 0 aliphatic carbocycles. The lowest BCUT2D eigenvalue weighted by Crippen LogP contribution is -2.07. The average molecular weight is 130 g/mol. The van der Waals surface area contributed by atoms with Gasteiger partial charge in [0, 0.05) is 6.08 Å². The number of carbonyl (C=O) groups excluding carboxylic acids is 1. The molecule has 0 bridgehead atoms. The van der Waals surface area contributed by atoms with Crippen LogP contribution in [0, 0.1) is 0 Å². The Kier molecular flexibility index (Phi) is 3.74. The summed E-state index contributed by atoms with van der Waals surface area (Å²) in [6.07, 6.45) is 0.935. The van der Waals surface area contributed by atoms with Crippen molar-refractivity contribution in [2.75, 3.05) is 7.11 Å². The molecule has 0 aromatic heterocycles. The first-order valence-corrected chi connectivity index (χ1v) is 2.29. The second-order valence-electron chi connectivity index (χ2n) is 1.30. The molecule has 0 aliphatic rings. The molecule has 0 amide bonds. The largest absolute Gasteiger partial charge is 0.480 e. The molecule has 0 saturated heterocycles. The summed E-state index contributed by atoms with van der Waals surface area (Å²) < 4.78 is 4.15. The van der Waals surface area contributed by atoms with Crippen LogP contribution in [-0.4, -0.2) is 30.2 Å². The van der Waals surface area contributed by atoms with E-state index in [0.29, 0.717) is 0 Å². The molecule has 4 nitrogen and oxygen atoms in total. The molecular weight excluding hydrogens is 123 g/mol. The van der Waals surface area contributed by atoms with Gasteiger partial charge >= 0.3 is 13.1 Å². The first kappa shape index (κ1) is 8.19. The predicted octanol–water partition coefficient (Wildman–Crippen LogP) is -1.27. The lowest BCUT2D eigenvalue weighted by Gasteiger charge is -1.88. The maximum atomic E-state index is 10.2. The van der Waals surface area contributed by atoms with Crippen LogP contribution in [0.25, 0.3) is 0 Å². The summed E-state index contributed by atoms with van der Waals surface area (Å²) >= 11 is 0. The van der Waals surface area contributed by atoms with Crippen molar-refractivity contribution in [2.24, 2.45) is 0 Å². The van der Waals surface area contributed by atoms with E-state index in [4.69, 9.17) is 10.0 Å². The highest BCUT2D eigenvalue weighted by Crippen LogP contribution is 1.77. The van der Waals surface area contributed by atoms with Crippen LogP contribution in [-0.2, 0) is 9.53 Å². The zero-order chi connectivity index (χ0) is 7.28. The molecule has 0 aromatic rings. The Hall–Kier alpha value is -0.805. The van der Waals surface area contributed by atoms with Crippen LogP contribution in [0.3, 0.4) is 0 Å². The van der Waals surface area contributed by atoms with Gasteiger partial charge in [0.05, 0.1) is 7.11 Å². The Labute approximate surface area is 52.9 Å². The fraction of sp³-hybridized carbons (Fsp3) is 0.250. The number of hydrogen-bond donors (Lipinski definition) is 2. The second-order valence-corrected chi connectivity index (χ2v) is 1.30. The minimum atomic E-state index is -1.59. The van der Waals surface area contributed by atoms with Gasteiger partial charge in [-0.05, 0) is 5.98 Å². The van der Waals surface area contributed by atoms with Crippen molar-refractivity contribution in [1.29, 1.82) is 0 Å². The van der Waals surface area contributed by atoms with Gasteiger partial charge in [-0.25, -0.2) is 4.79 Å². The van der Waals surface area contributed by atoms with Gasteiger partial charge in [0.2, 0.25) is 0 Å². The Morgan fingerprint density at radius 1 is 1.67 bits per heavy atom. The molecule has 0 aromatic carbocycles. The summed E-state index contributed by atoms with van der Waals surface area (Å²) in [6, 6.07) is 0. The Morgan fingerprint density at radius 2 is 2.22 bits per heavy atom. The van der Waals surface area contributed by atoms with Crippen molar-refractivity contribution >= 4 is 13.1 Å². The van der Waals surface area contributed by atoms with Crippen LogP contribution in [0.15, 0.2) is 12.1 Å². The summed E-state index contributed by atoms with van der Waals surface area (Å²) in [6.45, 7) is 0. The van der Waals surface area contributed by atoms with Crippen molar-refractivity contribution in [2.45, 2.75) is 0 Å². The first-order valence-electron chi connectivity index (χ1n) is 2.29. The Morgan fingerprint density at radius 3 is 2.56 bits per heavy atom. The monoisotopic (exact) mass is 130 g/mol. The van der Waals surface area contributed by atoms with Crippen LogP contribution in [0.5, 0.6) is 0 Å². The van der Waals surface area contributed by atoms with E-state index < -0.39 is 13.1 Å². The third-order valence-corrected chi connectivity index (χ3v) is 0.606. The molecule has 50 valence electrons. The number of hydrogen-bond acceptors (Lipinski definition) is 4. The third-order valence-electron chi connectivity index (χ3n) is 0.606.